The SMILES string of the molecule is CC1(C)c2c(-c3c4ccccc4c(-c4ccc(-c5ccccc5)cc4)c4ccccc34)cccc2-c2c1c1ccccc1c1ccccc21. The molecule has 0 atom stereocenters. The van der Waals surface area contributed by atoms with Gasteiger partial charge < -0.3 is 0 Å². The summed E-state index contributed by atoms with van der Waals surface area (Å²) in [5.74, 6) is 0. The molecule has 0 unspecified atom stereocenters. The van der Waals surface area contributed by atoms with Crippen LogP contribution in [-0.4, -0.2) is 0 Å². The summed E-state index contributed by atoms with van der Waals surface area (Å²) in [5.41, 5.74) is 13.0. The van der Waals surface area contributed by atoms with E-state index in [0.717, 1.165) is 0 Å². The van der Waals surface area contributed by atoms with Crippen LogP contribution >= 0.6 is 0 Å². The van der Waals surface area contributed by atoms with Gasteiger partial charge in [-0.15, -0.1) is 0 Å². The Hall–Kier alpha value is -5.98. The first-order chi connectivity index (χ1) is 24.1. The van der Waals surface area contributed by atoms with Gasteiger partial charge in [0.15, 0.2) is 0 Å². The van der Waals surface area contributed by atoms with Crippen LogP contribution in [-0.2, 0) is 5.41 Å². The van der Waals surface area contributed by atoms with E-state index in [1.807, 2.05) is 0 Å². The van der Waals surface area contributed by atoms with Crippen molar-refractivity contribution in [1.29, 1.82) is 0 Å². The van der Waals surface area contributed by atoms with E-state index in [-0.39, 0.29) is 5.41 Å². The molecule has 0 spiro atoms. The van der Waals surface area contributed by atoms with Crippen LogP contribution < -0.4 is 0 Å². The molecule has 0 saturated carbocycles. The zero-order chi connectivity index (χ0) is 32.7. The molecule has 0 N–H and O–H groups in total. The zero-order valence-corrected chi connectivity index (χ0v) is 27.7. The van der Waals surface area contributed by atoms with Gasteiger partial charge in [0.05, 0.1) is 0 Å². The van der Waals surface area contributed by atoms with Crippen molar-refractivity contribution < 1.29 is 0 Å². The van der Waals surface area contributed by atoms with Gasteiger partial charge in [-0.05, 0) is 98.7 Å². The van der Waals surface area contributed by atoms with Crippen molar-refractivity contribution in [3.8, 4) is 44.5 Å². The third-order valence-corrected chi connectivity index (χ3v) is 11.0. The van der Waals surface area contributed by atoms with Crippen molar-refractivity contribution in [2.75, 3.05) is 0 Å². The molecule has 0 nitrogen and oxygen atoms in total. The van der Waals surface area contributed by atoms with E-state index in [1.54, 1.807) is 0 Å². The van der Waals surface area contributed by atoms with Gasteiger partial charge in [-0.3, -0.25) is 0 Å². The Labute approximate surface area is 286 Å². The Kier molecular flexibility index (Phi) is 6.02. The lowest BCUT2D eigenvalue weighted by Gasteiger charge is -2.27. The van der Waals surface area contributed by atoms with Crippen LogP contribution in [0.4, 0.5) is 0 Å². The van der Waals surface area contributed by atoms with E-state index in [4.69, 9.17) is 0 Å². The molecule has 10 rings (SSSR count). The van der Waals surface area contributed by atoms with Crippen molar-refractivity contribution in [3.05, 3.63) is 181 Å². The van der Waals surface area contributed by atoms with Gasteiger partial charge in [0.25, 0.3) is 0 Å². The molecular formula is C49H34. The number of hydrogen-bond acceptors (Lipinski definition) is 0. The van der Waals surface area contributed by atoms with Crippen LogP contribution in [0.2, 0.25) is 0 Å². The highest BCUT2D eigenvalue weighted by Gasteiger charge is 2.40. The van der Waals surface area contributed by atoms with Crippen molar-refractivity contribution in [3.63, 3.8) is 0 Å². The minimum absolute atomic E-state index is 0.209. The molecule has 0 aliphatic heterocycles. The second-order valence-electron chi connectivity index (χ2n) is 14.0. The van der Waals surface area contributed by atoms with E-state index in [1.165, 1.54) is 98.7 Å². The largest absolute Gasteiger partial charge is 0.0622 e. The minimum Gasteiger partial charge on any atom is -0.0622 e. The van der Waals surface area contributed by atoms with Crippen LogP contribution in [0.1, 0.15) is 25.0 Å². The fourth-order valence-electron chi connectivity index (χ4n) is 9.03. The Morgan fingerprint density at radius 1 is 0.265 bits per heavy atom. The summed E-state index contributed by atoms with van der Waals surface area (Å²) < 4.78 is 0. The average Bonchev–Trinajstić information content (AvgIpc) is 3.41. The van der Waals surface area contributed by atoms with Crippen LogP contribution in [0.3, 0.4) is 0 Å². The van der Waals surface area contributed by atoms with Crippen molar-refractivity contribution in [2.45, 2.75) is 19.3 Å². The molecule has 1 aliphatic carbocycles. The van der Waals surface area contributed by atoms with E-state index in [0.29, 0.717) is 0 Å². The highest BCUT2D eigenvalue weighted by Crippen LogP contribution is 2.58. The van der Waals surface area contributed by atoms with E-state index < -0.39 is 0 Å². The predicted molar refractivity (Wildman–Crippen MR) is 210 cm³/mol. The lowest BCUT2D eigenvalue weighted by Crippen LogP contribution is -2.17. The Morgan fingerprint density at radius 2 is 0.653 bits per heavy atom. The van der Waals surface area contributed by atoms with Crippen molar-refractivity contribution in [2.24, 2.45) is 0 Å². The topological polar surface area (TPSA) is 0 Å². The summed E-state index contributed by atoms with van der Waals surface area (Å²) in [6.45, 7) is 4.88. The maximum atomic E-state index is 2.44. The molecule has 0 heteroatoms. The van der Waals surface area contributed by atoms with Crippen LogP contribution in [0, 0.1) is 0 Å². The fraction of sp³-hybridized carbons (Fsp3) is 0.0612. The molecule has 0 heterocycles. The van der Waals surface area contributed by atoms with Crippen molar-refractivity contribution >= 4 is 43.1 Å². The highest BCUT2D eigenvalue weighted by atomic mass is 14.4. The molecule has 9 aromatic carbocycles. The summed E-state index contributed by atoms with van der Waals surface area (Å²) in [6, 6.07) is 62.8. The minimum atomic E-state index is -0.209. The predicted octanol–water partition coefficient (Wildman–Crippen LogP) is 13.6. The number of hydrogen-bond donors (Lipinski definition) is 0. The third-order valence-electron chi connectivity index (χ3n) is 11.0. The second kappa shape index (κ2) is 10.5. The molecule has 0 amide bonds. The fourth-order valence-corrected chi connectivity index (χ4v) is 9.03. The van der Waals surface area contributed by atoms with Gasteiger partial charge in [-0.25, -0.2) is 0 Å². The average molecular weight is 623 g/mol. The van der Waals surface area contributed by atoms with Gasteiger partial charge >= 0.3 is 0 Å². The van der Waals surface area contributed by atoms with Gasteiger partial charge in [0.1, 0.15) is 0 Å². The quantitative estimate of drug-likeness (QED) is 0.136. The van der Waals surface area contributed by atoms with Crippen LogP contribution in [0.15, 0.2) is 170 Å². The summed E-state index contributed by atoms with van der Waals surface area (Å²) in [6.07, 6.45) is 0. The summed E-state index contributed by atoms with van der Waals surface area (Å²) in [7, 11) is 0. The van der Waals surface area contributed by atoms with Gasteiger partial charge in [-0.1, -0.05) is 184 Å². The number of benzene rings is 9. The Morgan fingerprint density at radius 3 is 1.22 bits per heavy atom. The molecule has 49 heavy (non-hydrogen) atoms. The van der Waals surface area contributed by atoms with E-state index in [2.05, 4.69) is 184 Å². The monoisotopic (exact) mass is 622 g/mol. The standard InChI is InChI=1S/C49H34/c1-49(2)47-42(25-14-26-43(47)46-36-19-8-6-17-34(36)35-18-7-13-24-41(35)48(46)49)45-39-22-11-9-20-37(39)44(38-21-10-12-23-40(38)45)33-29-27-32(28-30-33)31-15-4-3-5-16-31/h3-30H,1-2H3. The molecule has 1 aliphatic rings. The highest BCUT2D eigenvalue weighted by molar-refractivity contribution is 6.23. The maximum absolute atomic E-state index is 2.44. The van der Waals surface area contributed by atoms with Gasteiger partial charge in [-0.2, -0.15) is 0 Å². The molecule has 0 aromatic heterocycles. The first-order valence-electron chi connectivity index (χ1n) is 17.3. The first-order valence-corrected chi connectivity index (χ1v) is 17.3. The zero-order valence-electron chi connectivity index (χ0n) is 27.7. The van der Waals surface area contributed by atoms with Crippen molar-refractivity contribution in [1.82, 2.24) is 0 Å². The van der Waals surface area contributed by atoms with Gasteiger partial charge in [0.2, 0.25) is 0 Å². The molecule has 230 valence electrons. The number of rotatable bonds is 3. The Bertz CT molecular complexity index is 2710. The number of fused-ring (bicyclic) bond motifs is 10. The van der Waals surface area contributed by atoms with E-state index in [9.17, 15) is 0 Å². The molecular weight excluding hydrogens is 589 g/mol. The second-order valence-corrected chi connectivity index (χ2v) is 14.0. The van der Waals surface area contributed by atoms with Crippen LogP contribution in [0.5, 0.6) is 0 Å². The van der Waals surface area contributed by atoms with E-state index >= 15 is 0 Å². The summed E-state index contributed by atoms with van der Waals surface area (Å²) >= 11 is 0. The molecule has 0 fully saturated rings. The first kappa shape index (κ1) is 28.1. The summed E-state index contributed by atoms with van der Waals surface area (Å²) in [5, 5.41) is 10.5. The molecule has 9 aromatic rings. The summed E-state index contributed by atoms with van der Waals surface area (Å²) in [4.78, 5) is 0. The Balaban J connectivity index is 1.28. The smallest absolute Gasteiger partial charge is 0.0171 e. The molecule has 0 bridgehead atoms. The third kappa shape index (κ3) is 3.98. The lowest BCUT2D eigenvalue weighted by molar-refractivity contribution is 0.668. The lowest BCUT2D eigenvalue weighted by atomic mass is 9.75. The molecule has 0 radical (unpaired) electrons. The molecule has 0 saturated heterocycles. The van der Waals surface area contributed by atoms with Gasteiger partial charge in [0, 0.05) is 5.41 Å². The maximum Gasteiger partial charge on any atom is 0.0171 e. The normalized spacial score (nSPS) is 13.3. The van der Waals surface area contributed by atoms with Crippen LogP contribution in [0.25, 0.3) is 87.6 Å².